The van der Waals surface area contributed by atoms with Crippen molar-refractivity contribution in [3.05, 3.63) is 53.2 Å². The molecular weight excluding hydrogens is 328 g/mol. The first-order valence-corrected chi connectivity index (χ1v) is 9.06. The fourth-order valence-electron chi connectivity index (χ4n) is 2.93. The number of amides is 2. The standard InChI is InChI=1S/C20H24N4O2/c1-2-18(25)14-5-8-16(9-6-14)24-20(26)22-13-11-17-10-7-15-4-3-12-21-19(15)23-17/h5-10H,2-4,11-13H2,1H3,(H,21,23)(H2,22,24,26). The molecule has 0 bridgehead atoms. The molecule has 0 spiro atoms. The molecule has 3 rings (SSSR count). The van der Waals surface area contributed by atoms with Crippen molar-refractivity contribution in [3.63, 3.8) is 0 Å². The van der Waals surface area contributed by atoms with Crippen molar-refractivity contribution in [1.29, 1.82) is 0 Å². The predicted octanol–water partition coefficient (Wildman–Crippen LogP) is 3.40. The summed E-state index contributed by atoms with van der Waals surface area (Å²) in [6.07, 6.45) is 3.36. The number of benzene rings is 1. The molecule has 2 heterocycles. The molecule has 0 fully saturated rings. The molecule has 3 N–H and O–H groups in total. The quantitative estimate of drug-likeness (QED) is 0.696. The van der Waals surface area contributed by atoms with Crippen LogP contribution in [-0.4, -0.2) is 29.9 Å². The Morgan fingerprint density at radius 2 is 1.96 bits per heavy atom. The van der Waals surface area contributed by atoms with Crippen LogP contribution < -0.4 is 16.0 Å². The summed E-state index contributed by atoms with van der Waals surface area (Å²) in [5, 5.41) is 8.92. The molecule has 0 atom stereocenters. The van der Waals surface area contributed by atoms with Crippen LogP contribution in [0.3, 0.4) is 0 Å². The second-order valence-electron chi connectivity index (χ2n) is 6.33. The molecule has 1 aliphatic heterocycles. The first-order valence-electron chi connectivity index (χ1n) is 9.06. The Morgan fingerprint density at radius 3 is 2.73 bits per heavy atom. The molecule has 2 aromatic rings. The van der Waals surface area contributed by atoms with Crippen LogP contribution in [0, 0.1) is 0 Å². The summed E-state index contributed by atoms with van der Waals surface area (Å²) in [5.41, 5.74) is 3.54. The van der Waals surface area contributed by atoms with E-state index in [-0.39, 0.29) is 11.8 Å². The Morgan fingerprint density at radius 1 is 1.15 bits per heavy atom. The molecule has 136 valence electrons. The Bertz CT molecular complexity index is 787. The van der Waals surface area contributed by atoms with Gasteiger partial charge >= 0.3 is 6.03 Å². The zero-order valence-corrected chi connectivity index (χ0v) is 15.0. The van der Waals surface area contributed by atoms with Crippen molar-refractivity contribution in [2.45, 2.75) is 32.6 Å². The zero-order chi connectivity index (χ0) is 18.4. The molecule has 6 nitrogen and oxygen atoms in total. The third-order valence-electron chi connectivity index (χ3n) is 4.40. The highest BCUT2D eigenvalue weighted by molar-refractivity contribution is 5.96. The number of Topliss-reactive ketones (excluding diaryl/α,β-unsaturated/α-hetero) is 1. The Balaban J connectivity index is 1.46. The van der Waals surface area contributed by atoms with E-state index in [9.17, 15) is 9.59 Å². The van der Waals surface area contributed by atoms with Gasteiger partial charge in [0.15, 0.2) is 5.78 Å². The number of urea groups is 1. The van der Waals surface area contributed by atoms with Gasteiger partial charge in [-0.3, -0.25) is 4.79 Å². The van der Waals surface area contributed by atoms with E-state index >= 15 is 0 Å². The molecular formula is C20H24N4O2. The monoisotopic (exact) mass is 352 g/mol. The van der Waals surface area contributed by atoms with Crippen LogP contribution in [0.2, 0.25) is 0 Å². The number of hydrogen-bond donors (Lipinski definition) is 3. The highest BCUT2D eigenvalue weighted by atomic mass is 16.2. The number of nitrogens with one attached hydrogen (secondary N) is 3. The molecule has 6 heteroatoms. The average molecular weight is 352 g/mol. The maximum absolute atomic E-state index is 12.0. The molecule has 0 unspecified atom stereocenters. The topological polar surface area (TPSA) is 83.1 Å². The van der Waals surface area contributed by atoms with Crippen molar-refractivity contribution in [2.75, 3.05) is 23.7 Å². The Labute approximate surface area is 153 Å². The first kappa shape index (κ1) is 17.9. The maximum Gasteiger partial charge on any atom is 0.319 e. The van der Waals surface area contributed by atoms with Gasteiger partial charge in [0.1, 0.15) is 5.82 Å². The number of pyridine rings is 1. The zero-order valence-electron chi connectivity index (χ0n) is 15.0. The first-order chi connectivity index (χ1) is 12.7. The molecule has 2 amide bonds. The average Bonchev–Trinajstić information content (AvgIpc) is 2.68. The minimum Gasteiger partial charge on any atom is -0.370 e. The van der Waals surface area contributed by atoms with Gasteiger partial charge in [-0.15, -0.1) is 0 Å². The summed E-state index contributed by atoms with van der Waals surface area (Å²) in [4.78, 5) is 28.2. The smallest absolute Gasteiger partial charge is 0.319 e. The number of carbonyl (C=O) groups excluding carboxylic acids is 2. The largest absolute Gasteiger partial charge is 0.370 e. The van der Waals surface area contributed by atoms with Gasteiger partial charge in [0.25, 0.3) is 0 Å². The van der Waals surface area contributed by atoms with E-state index in [2.05, 4.69) is 27.0 Å². The fourth-order valence-corrected chi connectivity index (χ4v) is 2.93. The lowest BCUT2D eigenvalue weighted by atomic mass is 10.1. The third kappa shape index (κ3) is 4.59. The van der Waals surface area contributed by atoms with E-state index in [1.165, 1.54) is 5.56 Å². The maximum atomic E-state index is 12.0. The van der Waals surface area contributed by atoms with Crippen LogP contribution in [0.4, 0.5) is 16.3 Å². The van der Waals surface area contributed by atoms with Gasteiger partial charge in [0, 0.05) is 42.9 Å². The second kappa shape index (κ2) is 8.47. The number of nitrogens with zero attached hydrogens (tertiary/aromatic N) is 1. The van der Waals surface area contributed by atoms with Crippen LogP contribution in [0.25, 0.3) is 0 Å². The number of carbonyl (C=O) groups is 2. The van der Waals surface area contributed by atoms with E-state index in [4.69, 9.17) is 0 Å². The lowest BCUT2D eigenvalue weighted by Crippen LogP contribution is -2.30. The van der Waals surface area contributed by atoms with Gasteiger partial charge in [-0.05, 0) is 48.7 Å². The van der Waals surface area contributed by atoms with Crippen molar-refractivity contribution in [1.82, 2.24) is 10.3 Å². The van der Waals surface area contributed by atoms with E-state index in [1.807, 2.05) is 13.0 Å². The molecule has 1 aromatic heterocycles. The van der Waals surface area contributed by atoms with Crippen molar-refractivity contribution in [2.24, 2.45) is 0 Å². The van der Waals surface area contributed by atoms with Crippen molar-refractivity contribution >= 4 is 23.3 Å². The van der Waals surface area contributed by atoms with Gasteiger partial charge in [-0.2, -0.15) is 0 Å². The lowest BCUT2D eigenvalue weighted by molar-refractivity contribution is 0.0988. The predicted molar refractivity (Wildman–Crippen MR) is 103 cm³/mol. The highest BCUT2D eigenvalue weighted by Gasteiger charge is 2.10. The van der Waals surface area contributed by atoms with Crippen LogP contribution in [0.1, 0.15) is 41.4 Å². The second-order valence-corrected chi connectivity index (χ2v) is 6.33. The summed E-state index contributed by atoms with van der Waals surface area (Å²) in [6, 6.07) is 10.8. The van der Waals surface area contributed by atoms with Crippen molar-refractivity contribution in [3.8, 4) is 0 Å². The fraction of sp³-hybridized carbons (Fsp3) is 0.350. The minimum absolute atomic E-state index is 0.0908. The van der Waals surface area contributed by atoms with Gasteiger partial charge in [-0.1, -0.05) is 13.0 Å². The summed E-state index contributed by atoms with van der Waals surface area (Å²) in [6.45, 7) is 3.30. The Hall–Kier alpha value is -2.89. The van der Waals surface area contributed by atoms with Gasteiger partial charge in [0.05, 0.1) is 0 Å². The van der Waals surface area contributed by atoms with Crippen LogP contribution in [0.15, 0.2) is 36.4 Å². The van der Waals surface area contributed by atoms with Crippen LogP contribution in [-0.2, 0) is 12.8 Å². The Kier molecular flexibility index (Phi) is 5.84. The van der Waals surface area contributed by atoms with Gasteiger partial charge < -0.3 is 16.0 Å². The number of ketones is 1. The third-order valence-corrected chi connectivity index (χ3v) is 4.40. The summed E-state index contributed by atoms with van der Waals surface area (Å²) in [5.74, 6) is 1.06. The molecule has 0 saturated heterocycles. The van der Waals surface area contributed by atoms with E-state index in [0.29, 0.717) is 30.6 Å². The lowest BCUT2D eigenvalue weighted by Gasteiger charge is -2.17. The van der Waals surface area contributed by atoms with Gasteiger partial charge in [-0.25, -0.2) is 9.78 Å². The van der Waals surface area contributed by atoms with Crippen LogP contribution in [0.5, 0.6) is 0 Å². The number of anilines is 2. The van der Waals surface area contributed by atoms with Crippen molar-refractivity contribution < 1.29 is 9.59 Å². The number of aromatic nitrogens is 1. The van der Waals surface area contributed by atoms with E-state index in [1.54, 1.807) is 24.3 Å². The minimum atomic E-state index is -0.268. The summed E-state index contributed by atoms with van der Waals surface area (Å²) < 4.78 is 0. The van der Waals surface area contributed by atoms with E-state index < -0.39 is 0 Å². The number of rotatable bonds is 6. The number of hydrogen-bond acceptors (Lipinski definition) is 4. The molecule has 1 aliphatic rings. The molecule has 0 saturated carbocycles. The number of aryl methyl sites for hydroxylation is 1. The molecule has 0 radical (unpaired) electrons. The van der Waals surface area contributed by atoms with E-state index in [0.717, 1.165) is 30.9 Å². The summed E-state index contributed by atoms with van der Waals surface area (Å²) >= 11 is 0. The summed E-state index contributed by atoms with van der Waals surface area (Å²) in [7, 11) is 0. The van der Waals surface area contributed by atoms with Crippen LogP contribution >= 0.6 is 0 Å². The molecule has 1 aromatic carbocycles. The SMILES string of the molecule is CCC(=O)c1ccc(NC(=O)NCCc2ccc3c(n2)NCCC3)cc1. The normalized spacial score (nSPS) is 12.7. The number of fused-ring (bicyclic) bond motifs is 1. The molecule has 0 aliphatic carbocycles. The molecule has 26 heavy (non-hydrogen) atoms. The van der Waals surface area contributed by atoms with Gasteiger partial charge in [0.2, 0.25) is 0 Å². The highest BCUT2D eigenvalue weighted by Crippen LogP contribution is 2.19.